The van der Waals surface area contributed by atoms with E-state index in [1.807, 2.05) is 48.5 Å². The van der Waals surface area contributed by atoms with Crippen molar-refractivity contribution in [3.63, 3.8) is 0 Å². The second-order valence-electron chi connectivity index (χ2n) is 7.77. The molecule has 0 spiro atoms. The predicted molar refractivity (Wildman–Crippen MR) is 122 cm³/mol. The van der Waals surface area contributed by atoms with Crippen molar-refractivity contribution in [2.24, 2.45) is 0 Å². The SMILES string of the molecule is COC1CCN(c2ccc(NC(=O)CC(c3ccccc3)c3ccccc3)cc2)C1. The molecule has 0 aromatic heterocycles. The first kappa shape index (κ1) is 20.2. The lowest BCUT2D eigenvalue weighted by Gasteiger charge is -2.19. The molecule has 154 valence electrons. The summed E-state index contributed by atoms with van der Waals surface area (Å²) in [7, 11) is 1.77. The number of carbonyl (C=O) groups excluding carboxylic acids is 1. The Morgan fingerprint density at radius 3 is 2.10 bits per heavy atom. The van der Waals surface area contributed by atoms with Crippen molar-refractivity contribution in [2.45, 2.75) is 24.9 Å². The van der Waals surface area contributed by atoms with Gasteiger partial charge < -0.3 is 15.0 Å². The van der Waals surface area contributed by atoms with Crippen LogP contribution in [0.4, 0.5) is 11.4 Å². The van der Waals surface area contributed by atoms with Gasteiger partial charge in [0, 0.05) is 43.9 Å². The molecule has 4 rings (SSSR count). The van der Waals surface area contributed by atoms with Crippen molar-refractivity contribution in [3.8, 4) is 0 Å². The maximum absolute atomic E-state index is 12.9. The van der Waals surface area contributed by atoms with Gasteiger partial charge >= 0.3 is 0 Å². The zero-order valence-corrected chi connectivity index (χ0v) is 17.3. The normalized spacial score (nSPS) is 16.1. The monoisotopic (exact) mass is 400 g/mol. The number of anilines is 2. The van der Waals surface area contributed by atoms with E-state index in [2.05, 4.69) is 46.6 Å². The van der Waals surface area contributed by atoms with Crippen LogP contribution in [0.2, 0.25) is 0 Å². The molecular weight excluding hydrogens is 372 g/mol. The van der Waals surface area contributed by atoms with Crippen LogP contribution in [0.3, 0.4) is 0 Å². The molecule has 1 N–H and O–H groups in total. The van der Waals surface area contributed by atoms with E-state index in [0.717, 1.165) is 36.3 Å². The predicted octanol–water partition coefficient (Wildman–Crippen LogP) is 5.07. The Hall–Kier alpha value is -3.11. The topological polar surface area (TPSA) is 41.6 Å². The number of benzene rings is 3. The molecule has 0 saturated carbocycles. The van der Waals surface area contributed by atoms with Gasteiger partial charge in [0.15, 0.2) is 0 Å². The largest absolute Gasteiger partial charge is 0.380 e. The van der Waals surface area contributed by atoms with Gasteiger partial charge in [-0.15, -0.1) is 0 Å². The van der Waals surface area contributed by atoms with E-state index in [0.29, 0.717) is 12.5 Å². The number of carbonyl (C=O) groups is 1. The molecule has 1 atom stereocenters. The minimum Gasteiger partial charge on any atom is -0.380 e. The minimum absolute atomic E-state index is 0.0149. The van der Waals surface area contributed by atoms with E-state index in [4.69, 9.17) is 4.74 Å². The van der Waals surface area contributed by atoms with E-state index in [1.54, 1.807) is 7.11 Å². The third kappa shape index (κ3) is 4.89. The Morgan fingerprint density at radius 2 is 1.57 bits per heavy atom. The molecule has 4 heteroatoms. The van der Waals surface area contributed by atoms with Crippen molar-refractivity contribution >= 4 is 17.3 Å². The van der Waals surface area contributed by atoms with Crippen LogP contribution in [0, 0.1) is 0 Å². The van der Waals surface area contributed by atoms with E-state index in [-0.39, 0.29) is 11.8 Å². The van der Waals surface area contributed by atoms with Crippen LogP contribution in [0.25, 0.3) is 0 Å². The van der Waals surface area contributed by atoms with Gasteiger partial charge in [-0.25, -0.2) is 0 Å². The summed E-state index contributed by atoms with van der Waals surface area (Å²) in [5.41, 5.74) is 4.29. The average molecular weight is 401 g/mol. The van der Waals surface area contributed by atoms with Crippen LogP contribution in [-0.2, 0) is 9.53 Å². The van der Waals surface area contributed by atoms with Gasteiger partial charge in [0.25, 0.3) is 0 Å². The zero-order chi connectivity index (χ0) is 20.8. The second-order valence-corrected chi connectivity index (χ2v) is 7.77. The van der Waals surface area contributed by atoms with E-state index < -0.39 is 0 Å². The van der Waals surface area contributed by atoms with Crippen LogP contribution in [-0.4, -0.2) is 32.2 Å². The quantitative estimate of drug-likeness (QED) is 0.602. The maximum Gasteiger partial charge on any atom is 0.225 e. The molecule has 4 nitrogen and oxygen atoms in total. The number of nitrogens with one attached hydrogen (secondary N) is 1. The lowest BCUT2D eigenvalue weighted by molar-refractivity contribution is -0.116. The summed E-state index contributed by atoms with van der Waals surface area (Å²) >= 11 is 0. The summed E-state index contributed by atoms with van der Waals surface area (Å²) in [6, 6.07) is 28.5. The molecule has 0 aliphatic carbocycles. The van der Waals surface area contributed by atoms with E-state index >= 15 is 0 Å². The van der Waals surface area contributed by atoms with Crippen molar-refractivity contribution in [3.05, 3.63) is 96.1 Å². The van der Waals surface area contributed by atoms with Crippen molar-refractivity contribution in [1.82, 2.24) is 0 Å². The molecule has 0 radical (unpaired) electrons. The fourth-order valence-electron chi connectivity index (χ4n) is 4.11. The third-order valence-corrected chi connectivity index (χ3v) is 5.79. The molecule has 1 heterocycles. The molecule has 1 aliphatic heterocycles. The molecule has 1 unspecified atom stereocenters. The number of ether oxygens (including phenoxy) is 1. The molecule has 1 saturated heterocycles. The summed E-state index contributed by atoms with van der Waals surface area (Å²) in [6.45, 7) is 1.91. The Balaban J connectivity index is 1.42. The Bertz CT molecular complexity index is 902. The van der Waals surface area contributed by atoms with Crippen molar-refractivity contribution < 1.29 is 9.53 Å². The van der Waals surface area contributed by atoms with Gasteiger partial charge in [-0.05, 0) is 41.8 Å². The zero-order valence-electron chi connectivity index (χ0n) is 17.3. The highest BCUT2D eigenvalue weighted by atomic mass is 16.5. The van der Waals surface area contributed by atoms with E-state index in [1.165, 1.54) is 5.69 Å². The van der Waals surface area contributed by atoms with Crippen molar-refractivity contribution in [1.29, 1.82) is 0 Å². The number of nitrogens with zero attached hydrogens (tertiary/aromatic N) is 1. The van der Waals surface area contributed by atoms with Gasteiger partial charge in [-0.3, -0.25) is 4.79 Å². The fraction of sp³-hybridized carbons (Fsp3) is 0.269. The highest BCUT2D eigenvalue weighted by Gasteiger charge is 2.22. The number of hydrogen-bond donors (Lipinski definition) is 1. The number of amides is 1. The molecule has 1 amide bonds. The van der Waals surface area contributed by atoms with Crippen LogP contribution < -0.4 is 10.2 Å². The first-order valence-corrected chi connectivity index (χ1v) is 10.5. The number of hydrogen-bond acceptors (Lipinski definition) is 3. The van der Waals surface area contributed by atoms with Gasteiger partial charge in [0.1, 0.15) is 0 Å². The first-order chi connectivity index (χ1) is 14.7. The molecule has 3 aromatic carbocycles. The second kappa shape index (κ2) is 9.59. The summed E-state index contributed by atoms with van der Waals surface area (Å²) in [4.78, 5) is 15.2. The Kier molecular flexibility index (Phi) is 6.45. The molecule has 1 aliphatic rings. The minimum atomic E-state index is 0.0149. The number of methoxy groups -OCH3 is 1. The standard InChI is InChI=1S/C26H28N2O2/c1-30-24-16-17-28(19-24)23-14-12-22(13-15-23)27-26(29)18-25(20-8-4-2-5-9-20)21-10-6-3-7-11-21/h2-15,24-25H,16-19H2,1H3,(H,27,29). The Labute approximate surface area is 178 Å². The van der Waals surface area contributed by atoms with Gasteiger partial charge in [0.2, 0.25) is 5.91 Å². The van der Waals surface area contributed by atoms with E-state index in [9.17, 15) is 4.79 Å². The summed E-state index contributed by atoms with van der Waals surface area (Å²) in [5, 5.41) is 3.07. The van der Waals surface area contributed by atoms with Crippen LogP contribution in [0.15, 0.2) is 84.9 Å². The molecule has 30 heavy (non-hydrogen) atoms. The summed E-state index contributed by atoms with van der Waals surface area (Å²) in [5.74, 6) is 0.0447. The fourth-order valence-corrected chi connectivity index (χ4v) is 4.11. The van der Waals surface area contributed by atoms with Crippen molar-refractivity contribution in [2.75, 3.05) is 30.4 Å². The molecule has 1 fully saturated rings. The van der Waals surface area contributed by atoms with Crippen LogP contribution in [0.1, 0.15) is 29.9 Å². The Morgan fingerprint density at radius 1 is 0.967 bits per heavy atom. The van der Waals surface area contributed by atoms with Crippen LogP contribution in [0.5, 0.6) is 0 Å². The third-order valence-electron chi connectivity index (χ3n) is 5.79. The molecule has 0 bridgehead atoms. The van der Waals surface area contributed by atoms with Gasteiger partial charge in [-0.2, -0.15) is 0 Å². The smallest absolute Gasteiger partial charge is 0.225 e. The van der Waals surface area contributed by atoms with Gasteiger partial charge in [-0.1, -0.05) is 60.7 Å². The number of rotatable bonds is 7. The highest BCUT2D eigenvalue weighted by Crippen LogP contribution is 2.29. The maximum atomic E-state index is 12.9. The molecular formula is C26H28N2O2. The molecule has 3 aromatic rings. The lowest BCUT2D eigenvalue weighted by atomic mass is 9.88. The lowest BCUT2D eigenvalue weighted by Crippen LogP contribution is -2.22. The average Bonchev–Trinajstić information content (AvgIpc) is 3.28. The van der Waals surface area contributed by atoms with Crippen LogP contribution >= 0.6 is 0 Å². The van der Waals surface area contributed by atoms with Gasteiger partial charge in [0.05, 0.1) is 6.10 Å². The highest BCUT2D eigenvalue weighted by molar-refractivity contribution is 5.91. The first-order valence-electron chi connectivity index (χ1n) is 10.5. The summed E-state index contributed by atoms with van der Waals surface area (Å²) in [6.07, 6.45) is 1.75. The summed E-state index contributed by atoms with van der Waals surface area (Å²) < 4.78 is 5.45.